The molecular weight excluding hydrogens is 379 g/mol. The summed E-state index contributed by atoms with van der Waals surface area (Å²) in [5.41, 5.74) is 0.440. The molecule has 2 amide bonds. The van der Waals surface area contributed by atoms with Crippen LogP contribution in [0.1, 0.15) is 24.3 Å². The number of phenolic OH excluding ortho intramolecular Hbond substituents is 1. The first kappa shape index (κ1) is 17.6. The lowest BCUT2D eigenvalue weighted by molar-refractivity contribution is -0.152. The fraction of sp³-hybridized carbons (Fsp3) is 0.467. The Bertz CT molecular complexity index is 712. The molecule has 0 unspecified atom stereocenters. The maximum absolute atomic E-state index is 12.3. The highest BCUT2D eigenvalue weighted by molar-refractivity contribution is 6.48. The summed E-state index contributed by atoms with van der Waals surface area (Å²) in [6.45, 7) is -0.106. The molecule has 1 aromatic rings. The number of benzene rings is 1. The van der Waals surface area contributed by atoms with Crippen LogP contribution in [0.25, 0.3) is 0 Å². The second-order valence-electron chi connectivity index (χ2n) is 5.93. The van der Waals surface area contributed by atoms with Crippen LogP contribution in [0.2, 0.25) is 15.1 Å². The molecule has 3 atom stereocenters. The zero-order valence-electron chi connectivity index (χ0n) is 12.4. The van der Waals surface area contributed by atoms with Crippen molar-refractivity contribution in [2.75, 3.05) is 13.2 Å². The molecule has 0 aliphatic carbocycles. The number of piperidine rings is 1. The Hall–Kier alpha value is -1.21. The van der Waals surface area contributed by atoms with Crippen molar-refractivity contribution in [1.82, 2.24) is 10.2 Å². The molecule has 0 aromatic heterocycles. The fourth-order valence-corrected chi connectivity index (χ4v) is 4.13. The van der Waals surface area contributed by atoms with Crippen molar-refractivity contribution in [1.29, 1.82) is 0 Å². The molecule has 2 heterocycles. The predicted molar refractivity (Wildman–Crippen MR) is 89.6 cm³/mol. The molecule has 3 N–H and O–H groups in total. The highest BCUT2D eigenvalue weighted by atomic mass is 35.5. The Balaban J connectivity index is 1.90. The normalized spacial score (nSPS) is 27.0. The minimum Gasteiger partial charge on any atom is -0.508 e. The largest absolute Gasteiger partial charge is 0.508 e. The second-order valence-corrected chi connectivity index (χ2v) is 7.09. The summed E-state index contributed by atoms with van der Waals surface area (Å²) in [6.07, 6.45) is 0.819. The monoisotopic (exact) mass is 392 g/mol. The van der Waals surface area contributed by atoms with Crippen LogP contribution in [0.3, 0.4) is 0 Å². The molecule has 0 bridgehead atoms. The molecule has 0 saturated carbocycles. The number of rotatable bonds is 2. The Morgan fingerprint density at radius 1 is 1.25 bits per heavy atom. The standard InChI is InChI=1S/C15H15Cl3N2O4/c16-7-4-10(22)11(13(18)12(7)17)6-1-2-20-9(3-6)14(23)19-8(5-21)15(20)24/h4,6,8-9,21-22H,1-3,5H2,(H,19,23)/t6-,8+,9+/m0/s1. The van der Waals surface area contributed by atoms with E-state index >= 15 is 0 Å². The lowest BCUT2D eigenvalue weighted by Crippen LogP contribution is -2.66. The molecule has 24 heavy (non-hydrogen) atoms. The molecule has 0 radical (unpaired) electrons. The Morgan fingerprint density at radius 2 is 1.96 bits per heavy atom. The van der Waals surface area contributed by atoms with Gasteiger partial charge in [0.25, 0.3) is 0 Å². The summed E-state index contributed by atoms with van der Waals surface area (Å²) in [5.74, 6) is -0.944. The van der Waals surface area contributed by atoms with Gasteiger partial charge in [0.05, 0.1) is 21.7 Å². The number of nitrogens with zero attached hydrogens (tertiary/aromatic N) is 1. The number of carbonyl (C=O) groups excluding carboxylic acids is 2. The highest BCUT2D eigenvalue weighted by Gasteiger charge is 2.44. The Morgan fingerprint density at radius 3 is 2.62 bits per heavy atom. The fourth-order valence-electron chi connectivity index (χ4n) is 3.38. The molecule has 1 aromatic carbocycles. The number of aromatic hydroxyl groups is 1. The van der Waals surface area contributed by atoms with Gasteiger partial charge in [-0.05, 0) is 18.8 Å². The first-order chi connectivity index (χ1) is 11.3. The van der Waals surface area contributed by atoms with Crippen LogP contribution in [0.4, 0.5) is 0 Å². The number of amides is 2. The van der Waals surface area contributed by atoms with E-state index in [1.807, 2.05) is 0 Å². The maximum Gasteiger partial charge on any atom is 0.248 e. The van der Waals surface area contributed by atoms with Gasteiger partial charge in [-0.15, -0.1) is 0 Å². The van der Waals surface area contributed by atoms with E-state index in [9.17, 15) is 19.8 Å². The lowest BCUT2D eigenvalue weighted by atomic mass is 9.83. The van der Waals surface area contributed by atoms with Gasteiger partial charge in [-0.25, -0.2) is 0 Å². The summed E-state index contributed by atoms with van der Waals surface area (Å²) in [4.78, 5) is 26.0. The van der Waals surface area contributed by atoms with E-state index in [0.717, 1.165) is 0 Å². The molecular formula is C15H15Cl3N2O4. The summed E-state index contributed by atoms with van der Waals surface area (Å²) < 4.78 is 0. The number of hydrogen-bond acceptors (Lipinski definition) is 4. The lowest BCUT2D eigenvalue weighted by Gasteiger charge is -2.44. The van der Waals surface area contributed by atoms with Crippen LogP contribution in [-0.4, -0.2) is 52.2 Å². The zero-order valence-corrected chi connectivity index (χ0v) is 14.7. The van der Waals surface area contributed by atoms with Crippen molar-refractivity contribution in [3.8, 4) is 5.75 Å². The molecule has 2 aliphatic rings. The third-order valence-electron chi connectivity index (χ3n) is 4.57. The number of aliphatic hydroxyl groups is 1. The molecule has 9 heteroatoms. The molecule has 3 rings (SSSR count). The summed E-state index contributed by atoms with van der Waals surface area (Å²) in [7, 11) is 0. The topological polar surface area (TPSA) is 89.9 Å². The van der Waals surface area contributed by atoms with Gasteiger partial charge in [-0.3, -0.25) is 9.59 Å². The van der Waals surface area contributed by atoms with Gasteiger partial charge in [0, 0.05) is 18.2 Å². The summed E-state index contributed by atoms with van der Waals surface area (Å²) in [6, 6.07) is -0.234. The van der Waals surface area contributed by atoms with Crippen LogP contribution < -0.4 is 5.32 Å². The number of hydrogen-bond donors (Lipinski definition) is 3. The molecule has 130 valence electrons. The smallest absolute Gasteiger partial charge is 0.248 e. The predicted octanol–water partition coefficient (Wildman–Crippen LogP) is 1.92. The average Bonchev–Trinajstić information content (AvgIpc) is 2.56. The summed E-state index contributed by atoms with van der Waals surface area (Å²) in [5, 5.41) is 22.4. The second kappa shape index (κ2) is 6.59. The van der Waals surface area contributed by atoms with E-state index in [0.29, 0.717) is 24.9 Å². The van der Waals surface area contributed by atoms with Gasteiger partial charge in [-0.2, -0.15) is 0 Å². The minimum absolute atomic E-state index is 0.0800. The SMILES string of the molecule is O=C1N[C@H](CO)C(=O)N2CC[C@H](c3c(O)cc(Cl)c(Cl)c3Cl)C[C@H]12. The van der Waals surface area contributed by atoms with Gasteiger partial charge < -0.3 is 20.4 Å². The van der Waals surface area contributed by atoms with E-state index in [2.05, 4.69) is 5.32 Å². The van der Waals surface area contributed by atoms with Gasteiger partial charge in [-0.1, -0.05) is 34.8 Å². The van der Waals surface area contributed by atoms with E-state index in [1.165, 1.54) is 11.0 Å². The number of carbonyl (C=O) groups is 2. The first-order valence-electron chi connectivity index (χ1n) is 7.43. The number of aliphatic hydroxyl groups excluding tert-OH is 1. The molecule has 2 fully saturated rings. The third kappa shape index (κ3) is 2.81. The van der Waals surface area contributed by atoms with Crippen LogP contribution in [0.15, 0.2) is 6.07 Å². The van der Waals surface area contributed by atoms with Crippen molar-refractivity contribution in [2.24, 2.45) is 0 Å². The van der Waals surface area contributed by atoms with E-state index < -0.39 is 18.7 Å². The number of nitrogens with one attached hydrogen (secondary N) is 1. The zero-order chi connectivity index (χ0) is 17.6. The van der Waals surface area contributed by atoms with Crippen LogP contribution in [0, 0.1) is 0 Å². The van der Waals surface area contributed by atoms with Gasteiger partial charge in [0.15, 0.2) is 0 Å². The minimum atomic E-state index is -0.896. The van der Waals surface area contributed by atoms with E-state index in [-0.39, 0.29) is 38.5 Å². The number of halogens is 3. The van der Waals surface area contributed by atoms with Gasteiger partial charge >= 0.3 is 0 Å². The Labute approximate surface area is 153 Å². The third-order valence-corrected chi connectivity index (χ3v) is 5.85. The number of fused-ring (bicyclic) bond motifs is 1. The Kier molecular flexibility index (Phi) is 4.84. The quantitative estimate of drug-likeness (QED) is 0.670. The number of piperazine rings is 1. The molecule has 0 spiro atoms. The first-order valence-corrected chi connectivity index (χ1v) is 8.56. The van der Waals surface area contributed by atoms with Gasteiger partial charge in [0.1, 0.15) is 17.8 Å². The van der Waals surface area contributed by atoms with E-state index in [1.54, 1.807) is 0 Å². The highest BCUT2D eigenvalue weighted by Crippen LogP contribution is 2.46. The number of phenols is 1. The van der Waals surface area contributed by atoms with Crippen molar-refractivity contribution in [2.45, 2.75) is 30.8 Å². The van der Waals surface area contributed by atoms with Crippen LogP contribution >= 0.6 is 34.8 Å². The van der Waals surface area contributed by atoms with Crippen molar-refractivity contribution in [3.05, 3.63) is 26.7 Å². The van der Waals surface area contributed by atoms with E-state index in [4.69, 9.17) is 34.8 Å². The van der Waals surface area contributed by atoms with Crippen LogP contribution in [0.5, 0.6) is 5.75 Å². The molecule has 2 saturated heterocycles. The maximum atomic E-state index is 12.3. The van der Waals surface area contributed by atoms with Crippen molar-refractivity contribution >= 4 is 46.6 Å². The molecule has 2 aliphatic heterocycles. The van der Waals surface area contributed by atoms with Gasteiger partial charge in [0.2, 0.25) is 11.8 Å². The van der Waals surface area contributed by atoms with Crippen molar-refractivity contribution < 1.29 is 19.8 Å². The van der Waals surface area contributed by atoms with Crippen molar-refractivity contribution in [3.63, 3.8) is 0 Å². The molecule has 6 nitrogen and oxygen atoms in total. The average molecular weight is 394 g/mol. The van der Waals surface area contributed by atoms with Crippen LogP contribution in [-0.2, 0) is 9.59 Å². The summed E-state index contributed by atoms with van der Waals surface area (Å²) >= 11 is 18.2.